The lowest BCUT2D eigenvalue weighted by molar-refractivity contribution is -0.115. The fraction of sp³-hybridized carbons (Fsp3) is 0.308. The van der Waals surface area contributed by atoms with Crippen LogP contribution >= 0.6 is 22.7 Å². The highest BCUT2D eigenvalue weighted by atomic mass is 32.1. The van der Waals surface area contributed by atoms with Gasteiger partial charge in [0, 0.05) is 23.5 Å². The number of nitrogens with zero attached hydrogens (tertiary/aromatic N) is 2. The molecule has 2 aromatic carbocycles. The number of rotatable bonds is 5. The number of fused-ring (bicyclic) bond motifs is 2. The predicted molar refractivity (Wildman–Crippen MR) is 136 cm³/mol. The van der Waals surface area contributed by atoms with E-state index in [1.165, 1.54) is 20.7 Å². The number of thiazole rings is 1. The summed E-state index contributed by atoms with van der Waals surface area (Å²) in [6.45, 7) is 9.40. The van der Waals surface area contributed by atoms with Gasteiger partial charge < -0.3 is 5.32 Å². The van der Waals surface area contributed by atoms with Gasteiger partial charge in [-0.15, -0.1) is 22.7 Å². The first-order valence-corrected chi connectivity index (χ1v) is 12.7. The maximum Gasteiger partial charge on any atom is 0.229 e. The summed E-state index contributed by atoms with van der Waals surface area (Å²) in [4.78, 5) is 21.8. The van der Waals surface area contributed by atoms with Crippen LogP contribution in [0.2, 0.25) is 0 Å². The Morgan fingerprint density at radius 1 is 1.16 bits per heavy atom. The minimum atomic E-state index is 0.0326. The smallest absolute Gasteiger partial charge is 0.229 e. The zero-order valence-electron chi connectivity index (χ0n) is 18.7. The fourth-order valence-electron chi connectivity index (χ4n) is 4.41. The molecule has 1 aliphatic rings. The monoisotopic (exact) mass is 461 g/mol. The van der Waals surface area contributed by atoms with E-state index in [4.69, 9.17) is 4.98 Å². The van der Waals surface area contributed by atoms with Gasteiger partial charge >= 0.3 is 0 Å². The molecule has 0 saturated heterocycles. The number of hydrogen-bond donors (Lipinski definition) is 1. The van der Waals surface area contributed by atoms with Crippen LogP contribution in [0.5, 0.6) is 0 Å². The van der Waals surface area contributed by atoms with E-state index < -0.39 is 0 Å². The topological polar surface area (TPSA) is 45.2 Å². The van der Waals surface area contributed by atoms with Gasteiger partial charge in [0.2, 0.25) is 5.91 Å². The average Bonchev–Trinajstić information content (AvgIpc) is 3.35. The van der Waals surface area contributed by atoms with E-state index in [2.05, 4.69) is 67.4 Å². The molecule has 4 aromatic rings. The van der Waals surface area contributed by atoms with Crippen molar-refractivity contribution in [2.75, 3.05) is 18.4 Å². The van der Waals surface area contributed by atoms with E-state index in [1.54, 1.807) is 22.7 Å². The van der Waals surface area contributed by atoms with Crippen molar-refractivity contribution >= 4 is 43.8 Å². The first-order chi connectivity index (χ1) is 15.5. The summed E-state index contributed by atoms with van der Waals surface area (Å²) in [5, 5.41) is 5.22. The highest BCUT2D eigenvalue weighted by Crippen LogP contribution is 2.45. The molecule has 1 amide bonds. The zero-order valence-corrected chi connectivity index (χ0v) is 20.3. The second-order valence-corrected chi connectivity index (χ2v) is 10.6. The molecule has 1 aliphatic heterocycles. The van der Waals surface area contributed by atoms with Gasteiger partial charge in [-0.05, 0) is 55.6 Å². The summed E-state index contributed by atoms with van der Waals surface area (Å²) < 4.78 is 1.18. The first kappa shape index (κ1) is 21.3. The lowest BCUT2D eigenvalue weighted by Gasteiger charge is -2.25. The van der Waals surface area contributed by atoms with Crippen LogP contribution in [0.4, 0.5) is 5.00 Å². The molecule has 32 heavy (non-hydrogen) atoms. The maximum atomic E-state index is 13.1. The van der Waals surface area contributed by atoms with Crippen LogP contribution in [0.1, 0.15) is 34.1 Å². The number of aryl methyl sites for hydroxylation is 2. The third-order valence-electron chi connectivity index (χ3n) is 6.19. The summed E-state index contributed by atoms with van der Waals surface area (Å²) in [5.74, 6) is 0.0326. The average molecular weight is 462 g/mol. The van der Waals surface area contributed by atoms with Gasteiger partial charge in [-0.3, -0.25) is 9.69 Å². The molecular weight excluding hydrogens is 434 g/mol. The third-order valence-corrected chi connectivity index (χ3v) is 8.38. The molecule has 3 heterocycles. The highest BCUT2D eigenvalue weighted by molar-refractivity contribution is 7.22. The number of likely N-dealkylation sites (N-methyl/N-ethyl adjacent to an activating group) is 1. The Bertz CT molecular complexity index is 1270. The highest BCUT2D eigenvalue weighted by Gasteiger charge is 2.27. The summed E-state index contributed by atoms with van der Waals surface area (Å²) in [6.07, 6.45) is 1.38. The number of amides is 1. The number of benzene rings is 2. The summed E-state index contributed by atoms with van der Waals surface area (Å²) in [7, 11) is 0. The van der Waals surface area contributed by atoms with Crippen molar-refractivity contribution in [1.29, 1.82) is 0 Å². The van der Waals surface area contributed by atoms with Crippen molar-refractivity contribution in [1.82, 2.24) is 9.88 Å². The van der Waals surface area contributed by atoms with Crippen LogP contribution in [-0.2, 0) is 24.2 Å². The molecule has 4 nitrogen and oxygen atoms in total. The van der Waals surface area contributed by atoms with E-state index in [0.29, 0.717) is 6.42 Å². The standard InChI is InChI=1S/C26H27N3OS2/c1-4-29-12-11-19-22(15-29)32-26(24(19)25-27-20-7-5-6-8-21(20)31-25)28-23(30)14-18-10-9-16(2)13-17(18)3/h5-10,13H,4,11-12,14-15H2,1-3H3,(H,28,30). The summed E-state index contributed by atoms with van der Waals surface area (Å²) in [5.41, 5.74) is 6.97. The van der Waals surface area contributed by atoms with Crippen molar-refractivity contribution in [2.45, 2.75) is 40.2 Å². The Labute approximate surface area is 196 Å². The largest absolute Gasteiger partial charge is 0.317 e. The fourth-order valence-corrected chi connectivity index (χ4v) is 6.82. The number of thiophene rings is 1. The van der Waals surface area contributed by atoms with Crippen molar-refractivity contribution in [3.8, 4) is 10.6 Å². The first-order valence-electron chi connectivity index (χ1n) is 11.1. The van der Waals surface area contributed by atoms with Crippen LogP contribution in [-0.4, -0.2) is 28.9 Å². The number of nitrogens with one attached hydrogen (secondary N) is 1. The molecule has 164 valence electrons. The van der Waals surface area contributed by atoms with E-state index in [-0.39, 0.29) is 5.91 Å². The summed E-state index contributed by atoms with van der Waals surface area (Å²) >= 11 is 3.44. The Morgan fingerprint density at radius 3 is 2.78 bits per heavy atom. The van der Waals surface area contributed by atoms with Gasteiger partial charge in [0.15, 0.2) is 0 Å². The molecule has 2 aromatic heterocycles. The molecule has 0 unspecified atom stereocenters. The number of carbonyl (C=O) groups is 1. The van der Waals surface area contributed by atoms with Gasteiger partial charge in [0.05, 0.1) is 16.6 Å². The Morgan fingerprint density at radius 2 is 2.00 bits per heavy atom. The number of aromatic nitrogens is 1. The molecule has 0 radical (unpaired) electrons. The van der Waals surface area contributed by atoms with Gasteiger partial charge in [0.1, 0.15) is 10.0 Å². The van der Waals surface area contributed by atoms with E-state index in [0.717, 1.165) is 58.3 Å². The number of hydrogen-bond acceptors (Lipinski definition) is 5. The van der Waals surface area contributed by atoms with Crippen LogP contribution < -0.4 is 5.32 Å². The molecule has 0 saturated carbocycles. The van der Waals surface area contributed by atoms with E-state index >= 15 is 0 Å². The molecular formula is C26H27N3OS2. The van der Waals surface area contributed by atoms with Crippen LogP contribution in [0.15, 0.2) is 42.5 Å². The van der Waals surface area contributed by atoms with E-state index in [9.17, 15) is 4.79 Å². The Hall–Kier alpha value is -2.54. The Balaban J connectivity index is 1.51. The van der Waals surface area contributed by atoms with Crippen molar-refractivity contribution in [3.05, 3.63) is 69.6 Å². The predicted octanol–water partition coefficient (Wildman–Crippen LogP) is 6.20. The number of anilines is 1. The molecule has 0 atom stereocenters. The van der Waals surface area contributed by atoms with Gasteiger partial charge in [-0.1, -0.05) is 42.8 Å². The van der Waals surface area contributed by atoms with Crippen molar-refractivity contribution in [3.63, 3.8) is 0 Å². The quantitative estimate of drug-likeness (QED) is 0.385. The molecule has 0 bridgehead atoms. The second-order valence-electron chi connectivity index (χ2n) is 8.47. The van der Waals surface area contributed by atoms with Crippen LogP contribution in [0, 0.1) is 13.8 Å². The van der Waals surface area contributed by atoms with Gasteiger partial charge in [0.25, 0.3) is 0 Å². The van der Waals surface area contributed by atoms with Crippen molar-refractivity contribution in [2.24, 2.45) is 0 Å². The molecule has 0 aliphatic carbocycles. The van der Waals surface area contributed by atoms with E-state index in [1.807, 2.05) is 6.07 Å². The molecule has 0 spiro atoms. The summed E-state index contributed by atoms with van der Waals surface area (Å²) in [6, 6.07) is 14.5. The van der Waals surface area contributed by atoms with Crippen LogP contribution in [0.25, 0.3) is 20.8 Å². The normalized spacial score (nSPS) is 14.0. The Kier molecular flexibility index (Phi) is 5.84. The second kappa shape index (κ2) is 8.77. The lowest BCUT2D eigenvalue weighted by atomic mass is 10.0. The van der Waals surface area contributed by atoms with Gasteiger partial charge in [-0.2, -0.15) is 0 Å². The third kappa shape index (κ3) is 4.10. The van der Waals surface area contributed by atoms with Gasteiger partial charge in [-0.25, -0.2) is 4.98 Å². The maximum absolute atomic E-state index is 13.1. The zero-order chi connectivity index (χ0) is 22.2. The molecule has 0 fully saturated rings. The number of para-hydroxylation sites is 1. The van der Waals surface area contributed by atoms with Crippen molar-refractivity contribution < 1.29 is 4.79 Å². The minimum absolute atomic E-state index is 0.0326. The molecule has 5 rings (SSSR count). The SMILES string of the molecule is CCN1CCc2c(sc(NC(=O)Cc3ccc(C)cc3C)c2-c2nc3ccccc3s2)C1. The van der Waals surface area contributed by atoms with Crippen LogP contribution in [0.3, 0.4) is 0 Å². The minimum Gasteiger partial charge on any atom is -0.317 e. The molecule has 1 N–H and O–H groups in total. The number of carbonyl (C=O) groups excluding carboxylic acids is 1. The molecule has 6 heteroatoms. The lowest BCUT2D eigenvalue weighted by Crippen LogP contribution is -2.29.